The average molecular weight is 348 g/mol. The summed E-state index contributed by atoms with van der Waals surface area (Å²) in [7, 11) is 0. The van der Waals surface area contributed by atoms with E-state index in [1.165, 1.54) is 15.8 Å². The second-order valence-electron chi connectivity index (χ2n) is 5.80. The molecular weight excluding hydrogens is 328 g/mol. The van der Waals surface area contributed by atoms with E-state index in [0.29, 0.717) is 11.9 Å². The highest BCUT2D eigenvalue weighted by molar-refractivity contribution is 7.18. The summed E-state index contributed by atoms with van der Waals surface area (Å²) in [5.74, 6) is -0.632. The lowest BCUT2D eigenvalue weighted by atomic mass is 9.97. The molecule has 0 radical (unpaired) electrons. The van der Waals surface area contributed by atoms with Crippen LogP contribution in [0.2, 0.25) is 0 Å². The van der Waals surface area contributed by atoms with Crippen LogP contribution in [0.1, 0.15) is 30.2 Å². The lowest BCUT2D eigenvalue weighted by Gasteiger charge is -2.10. The Labute approximate surface area is 143 Å². The van der Waals surface area contributed by atoms with Crippen molar-refractivity contribution in [3.05, 3.63) is 27.1 Å². The number of likely N-dealkylation sites (N-methyl/N-ethyl adjacent to an activating group) is 1. The van der Waals surface area contributed by atoms with Crippen LogP contribution in [-0.2, 0) is 29.0 Å². The summed E-state index contributed by atoms with van der Waals surface area (Å²) < 4.78 is 1.32. The Balaban J connectivity index is 1.78. The summed E-state index contributed by atoms with van der Waals surface area (Å²) in [6, 6.07) is 0. The van der Waals surface area contributed by atoms with Crippen molar-refractivity contribution in [3.63, 3.8) is 0 Å². The van der Waals surface area contributed by atoms with Gasteiger partial charge in [-0.25, -0.2) is 4.98 Å². The maximum Gasteiger partial charge on any atom is 0.262 e. The first-order valence-electron chi connectivity index (χ1n) is 8.13. The van der Waals surface area contributed by atoms with Crippen molar-refractivity contribution in [2.45, 2.75) is 39.2 Å². The Morgan fingerprint density at radius 2 is 2.04 bits per heavy atom. The molecule has 0 aromatic carbocycles. The Bertz CT molecular complexity index is 840. The fraction of sp³-hybridized carbons (Fsp3) is 0.500. The molecule has 0 bridgehead atoms. The fourth-order valence-electron chi connectivity index (χ4n) is 2.94. The smallest absolute Gasteiger partial charge is 0.262 e. The second-order valence-corrected chi connectivity index (χ2v) is 6.88. The molecule has 3 rings (SSSR count). The Hall–Kier alpha value is -2.22. The standard InChI is InChI=1S/C16H20N4O3S/c1-2-17-12(21)7-18-13(22)8-20-9-19-15-14(16(20)23)10-5-3-4-6-11(10)24-15/h9H,2-8H2,1H3,(H,17,21)(H,18,22). The van der Waals surface area contributed by atoms with Crippen molar-refractivity contribution >= 4 is 33.4 Å². The third kappa shape index (κ3) is 3.33. The minimum absolute atomic E-state index is 0.0923. The molecule has 8 heteroatoms. The van der Waals surface area contributed by atoms with E-state index < -0.39 is 0 Å². The van der Waals surface area contributed by atoms with Crippen molar-refractivity contribution in [1.29, 1.82) is 0 Å². The number of hydrogen-bond acceptors (Lipinski definition) is 5. The van der Waals surface area contributed by atoms with Gasteiger partial charge in [0, 0.05) is 11.4 Å². The summed E-state index contributed by atoms with van der Waals surface area (Å²) in [4.78, 5) is 42.4. The molecule has 2 aromatic heterocycles. The molecule has 1 aliphatic rings. The number of aryl methyl sites for hydroxylation is 2. The van der Waals surface area contributed by atoms with E-state index >= 15 is 0 Å². The quantitative estimate of drug-likeness (QED) is 0.827. The number of carbonyl (C=O) groups is 2. The predicted molar refractivity (Wildman–Crippen MR) is 92.2 cm³/mol. The van der Waals surface area contributed by atoms with Gasteiger partial charge in [0.15, 0.2) is 0 Å². The highest BCUT2D eigenvalue weighted by Gasteiger charge is 2.20. The zero-order valence-corrected chi connectivity index (χ0v) is 14.4. The van der Waals surface area contributed by atoms with Crippen molar-refractivity contribution in [1.82, 2.24) is 20.2 Å². The third-order valence-electron chi connectivity index (χ3n) is 4.08. The molecular formula is C16H20N4O3S. The van der Waals surface area contributed by atoms with E-state index in [0.717, 1.165) is 36.1 Å². The Morgan fingerprint density at radius 1 is 1.25 bits per heavy atom. The van der Waals surface area contributed by atoms with Crippen LogP contribution < -0.4 is 16.2 Å². The van der Waals surface area contributed by atoms with Crippen LogP contribution in [0.15, 0.2) is 11.1 Å². The second kappa shape index (κ2) is 7.12. The van der Waals surface area contributed by atoms with Gasteiger partial charge in [0.2, 0.25) is 11.8 Å². The molecule has 2 aromatic rings. The van der Waals surface area contributed by atoms with Crippen LogP contribution >= 0.6 is 11.3 Å². The lowest BCUT2D eigenvalue weighted by molar-refractivity contribution is -0.126. The topological polar surface area (TPSA) is 93.1 Å². The molecule has 0 fully saturated rings. The Morgan fingerprint density at radius 3 is 2.83 bits per heavy atom. The van der Waals surface area contributed by atoms with E-state index in [1.54, 1.807) is 11.3 Å². The van der Waals surface area contributed by atoms with E-state index in [1.807, 2.05) is 6.92 Å². The number of hydrogen-bond donors (Lipinski definition) is 2. The molecule has 128 valence electrons. The first-order chi connectivity index (χ1) is 11.6. The molecule has 0 saturated carbocycles. The molecule has 2 N–H and O–H groups in total. The summed E-state index contributed by atoms with van der Waals surface area (Å²) in [5, 5.41) is 5.77. The number of fused-ring (bicyclic) bond motifs is 3. The SMILES string of the molecule is CCNC(=O)CNC(=O)Cn1cnc2sc3c(c2c1=O)CCCC3. The van der Waals surface area contributed by atoms with Gasteiger partial charge >= 0.3 is 0 Å². The summed E-state index contributed by atoms with van der Waals surface area (Å²) >= 11 is 1.58. The van der Waals surface area contributed by atoms with E-state index in [9.17, 15) is 14.4 Å². The minimum Gasteiger partial charge on any atom is -0.355 e. The van der Waals surface area contributed by atoms with Gasteiger partial charge < -0.3 is 10.6 Å². The number of nitrogens with one attached hydrogen (secondary N) is 2. The number of rotatable bonds is 5. The molecule has 7 nitrogen and oxygen atoms in total. The molecule has 2 amide bonds. The zero-order valence-electron chi connectivity index (χ0n) is 13.6. The molecule has 24 heavy (non-hydrogen) atoms. The van der Waals surface area contributed by atoms with E-state index in [-0.39, 0.29) is 30.5 Å². The minimum atomic E-state index is -0.381. The zero-order chi connectivity index (χ0) is 17.1. The largest absolute Gasteiger partial charge is 0.355 e. The molecule has 1 aliphatic carbocycles. The van der Waals surface area contributed by atoms with Crippen LogP contribution in [0.5, 0.6) is 0 Å². The van der Waals surface area contributed by atoms with Crippen molar-refractivity contribution < 1.29 is 9.59 Å². The first-order valence-corrected chi connectivity index (χ1v) is 8.95. The van der Waals surface area contributed by atoms with Crippen molar-refractivity contribution in [2.24, 2.45) is 0 Å². The average Bonchev–Trinajstić information content (AvgIpc) is 2.95. The van der Waals surface area contributed by atoms with Gasteiger partial charge in [-0.1, -0.05) is 0 Å². The molecule has 0 saturated heterocycles. The number of thiophene rings is 1. The van der Waals surface area contributed by atoms with Gasteiger partial charge in [0.25, 0.3) is 5.56 Å². The number of nitrogens with zero attached hydrogens (tertiary/aromatic N) is 2. The molecule has 0 atom stereocenters. The van der Waals surface area contributed by atoms with Gasteiger partial charge in [0.05, 0.1) is 18.3 Å². The summed E-state index contributed by atoms with van der Waals surface area (Å²) in [6.45, 7) is 2.09. The fourth-order valence-corrected chi connectivity index (χ4v) is 4.16. The highest BCUT2D eigenvalue weighted by atomic mass is 32.1. The van der Waals surface area contributed by atoms with E-state index in [4.69, 9.17) is 0 Å². The Kier molecular flexibility index (Phi) is 4.94. The normalized spacial score (nSPS) is 13.5. The molecule has 0 unspecified atom stereocenters. The van der Waals surface area contributed by atoms with Gasteiger partial charge in [-0.2, -0.15) is 0 Å². The molecule has 2 heterocycles. The number of amides is 2. The lowest BCUT2D eigenvalue weighted by Crippen LogP contribution is -2.39. The molecule has 0 aliphatic heterocycles. The van der Waals surface area contributed by atoms with Gasteiger partial charge in [-0.3, -0.25) is 19.0 Å². The van der Waals surface area contributed by atoms with Crippen LogP contribution in [0, 0.1) is 0 Å². The summed E-state index contributed by atoms with van der Waals surface area (Å²) in [5.41, 5.74) is 0.934. The maximum atomic E-state index is 12.7. The van der Waals surface area contributed by atoms with Crippen LogP contribution in [0.25, 0.3) is 10.2 Å². The number of aromatic nitrogens is 2. The van der Waals surface area contributed by atoms with Gasteiger partial charge in [-0.15, -0.1) is 11.3 Å². The van der Waals surface area contributed by atoms with E-state index in [2.05, 4.69) is 15.6 Å². The van der Waals surface area contributed by atoms with Gasteiger partial charge in [0.1, 0.15) is 11.4 Å². The monoisotopic (exact) mass is 348 g/mol. The number of carbonyl (C=O) groups excluding carboxylic acids is 2. The highest BCUT2D eigenvalue weighted by Crippen LogP contribution is 2.33. The first kappa shape index (κ1) is 16.6. The van der Waals surface area contributed by atoms with Crippen molar-refractivity contribution in [2.75, 3.05) is 13.1 Å². The van der Waals surface area contributed by atoms with Crippen LogP contribution in [-0.4, -0.2) is 34.5 Å². The predicted octanol–water partition coefficient (Wildman–Crippen LogP) is 0.589. The van der Waals surface area contributed by atoms with Crippen LogP contribution in [0.3, 0.4) is 0 Å². The summed E-state index contributed by atoms with van der Waals surface area (Å²) in [6.07, 6.45) is 5.55. The maximum absolute atomic E-state index is 12.7. The van der Waals surface area contributed by atoms with Gasteiger partial charge in [-0.05, 0) is 38.2 Å². The molecule has 0 spiro atoms. The third-order valence-corrected chi connectivity index (χ3v) is 5.28. The van der Waals surface area contributed by atoms with Crippen molar-refractivity contribution in [3.8, 4) is 0 Å². The van der Waals surface area contributed by atoms with Crippen LogP contribution in [0.4, 0.5) is 0 Å².